The molecule has 1 unspecified atom stereocenters. The Morgan fingerprint density at radius 2 is 1.86 bits per heavy atom. The van der Waals surface area contributed by atoms with Crippen molar-refractivity contribution >= 4 is 11.9 Å². The molecule has 4 rings (SSSR count). The molecule has 1 N–H and O–H groups in total. The first-order chi connectivity index (χ1) is 14.2. The first-order valence-corrected chi connectivity index (χ1v) is 10.7. The normalized spacial score (nSPS) is 22.4. The Bertz CT molecular complexity index is 812. The number of piperidine rings is 1. The molecule has 0 saturated carbocycles. The molecule has 154 valence electrons. The molecule has 4 heterocycles. The van der Waals surface area contributed by atoms with Crippen LogP contribution in [0.15, 0.2) is 36.8 Å². The quantitative estimate of drug-likeness (QED) is 0.778. The van der Waals surface area contributed by atoms with Crippen LogP contribution >= 0.6 is 0 Å². The van der Waals surface area contributed by atoms with E-state index in [1.807, 2.05) is 35.5 Å². The van der Waals surface area contributed by atoms with Crippen LogP contribution in [0.2, 0.25) is 0 Å². The number of carbonyl (C=O) groups excluding carboxylic acids is 1. The number of rotatable bonds is 7. The van der Waals surface area contributed by atoms with Crippen molar-refractivity contribution in [1.82, 2.24) is 24.8 Å². The van der Waals surface area contributed by atoms with Gasteiger partial charge in [-0.25, -0.2) is 9.97 Å². The predicted molar refractivity (Wildman–Crippen MR) is 112 cm³/mol. The summed E-state index contributed by atoms with van der Waals surface area (Å²) < 4.78 is 0. The van der Waals surface area contributed by atoms with Gasteiger partial charge in [-0.2, -0.15) is 0 Å². The van der Waals surface area contributed by atoms with E-state index in [0.29, 0.717) is 12.5 Å². The number of hydrogen-bond acceptors (Lipinski definition) is 6. The molecule has 2 aromatic heterocycles. The van der Waals surface area contributed by atoms with Gasteiger partial charge in [0.1, 0.15) is 5.54 Å². The summed E-state index contributed by atoms with van der Waals surface area (Å²) in [6.07, 6.45) is 10.6. The van der Waals surface area contributed by atoms with E-state index in [1.54, 1.807) is 6.20 Å². The lowest BCUT2D eigenvalue weighted by atomic mass is 9.85. The molecule has 2 aromatic rings. The van der Waals surface area contributed by atoms with Gasteiger partial charge >= 0.3 is 0 Å². The predicted octanol–water partition coefficient (Wildman–Crippen LogP) is 2.85. The third-order valence-electron chi connectivity index (χ3n) is 6.02. The van der Waals surface area contributed by atoms with Gasteiger partial charge in [0.15, 0.2) is 0 Å². The van der Waals surface area contributed by atoms with Gasteiger partial charge in [-0.1, -0.05) is 13.0 Å². The number of aromatic nitrogens is 3. The molecule has 7 heteroatoms. The monoisotopic (exact) mass is 394 g/mol. The van der Waals surface area contributed by atoms with Crippen molar-refractivity contribution in [1.29, 1.82) is 0 Å². The van der Waals surface area contributed by atoms with Crippen LogP contribution in [0.5, 0.6) is 0 Å². The highest BCUT2D eigenvalue weighted by Crippen LogP contribution is 2.39. The molecule has 0 aliphatic carbocycles. The van der Waals surface area contributed by atoms with Gasteiger partial charge in [-0.15, -0.1) is 0 Å². The van der Waals surface area contributed by atoms with Crippen LogP contribution in [0.1, 0.15) is 50.3 Å². The summed E-state index contributed by atoms with van der Waals surface area (Å²) in [5, 5.41) is 3.21. The molecule has 0 aromatic carbocycles. The van der Waals surface area contributed by atoms with Crippen molar-refractivity contribution in [2.75, 3.05) is 25.0 Å². The van der Waals surface area contributed by atoms with Crippen LogP contribution in [0.25, 0.3) is 0 Å². The van der Waals surface area contributed by atoms with Crippen LogP contribution in [0, 0.1) is 0 Å². The number of hydrogen-bond donors (Lipinski definition) is 1. The molecular formula is C22H30N6O. The molecule has 2 fully saturated rings. The Balaban J connectivity index is 1.46. The Kier molecular flexibility index (Phi) is 6.04. The number of amides is 1. The van der Waals surface area contributed by atoms with E-state index in [4.69, 9.17) is 0 Å². The highest BCUT2D eigenvalue weighted by molar-refractivity contribution is 5.87. The number of carbonyl (C=O) groups is 1. The van der Waals surface area contributed by atoms with Crippen molar-refractivity contribution in [3.8, 4) is 0 Å². The standard InChI is InChI=1S/C22H30N6O/c1-2-10-24-21-25-14-18(15-26-21)16-28-13-6-9-22(28)8-5-12-27(20(22)29)17-19-7-3-4-11-23-19/h3-4,7,11,14-15H,2,5-6,8-10,12-13,16-17H2,1H3,(H,24,25,26). The zero-order chi connectivity index (χ0) is 20.1. The zero-order valence-corrected chi connectivity index (χ0v) is 17.2. The van der Waals surface area contributed by atoms with Crippen molar-refractivity contribution < 1.29 is 4.79 Å². The lowest BCUT2D eigenvalue weighted by molar-refractivity contribution is -0.148. The van der Waals surface area contributed by atoms with Crippen LogP contribution in [0.4, 0.5) is 5.95 Å². The fourth-order valence-corrected chi connectivity index (χ4v) is 4.58. The molecule has 0 radical (unpaired) electrons. The maximum Gasteiger partial charge on any atom is 0.243 e. The molecule has 0 bridgehead atoms. The van der Waals surface area contributed by atoms with Crippen molar-refractivity contribution in [3.05, 3.63) is 48.0 Å². The zero-order valence-electron chi connectivity index (χ0n) is 17.2. The Hall–Kier alpha value is -2.54. The number of nitrogens with zero attached hydrogens (tertiary/aromatic N) is 5. The van der Waals surface area contributed by atoms with E-state index in [1.165, 1.54) is 0 Å². The minimum atomic E-state index is -0.383. The van der Waals surface area contributed by atoms with E-state index >= 15 is 0 Å². The Morgan fingerprint density at radius 3 is 2.59 bits per heavy atom. The van der Waals surface area contributed by atoms with Crippen LogP contribution in [-0.2, 0) is 17.9 Å². The summed E-state index contributed by atoms with van der Waals surface area (Å²) in [4.78, 5) is 31.2. The third kappa shape index (κ3) is 4.24. The summed E-state index contributed by atoms with van der Waals surface area (Å²) in [6, 6.07) is 5.88. The van der Waals surface area contributed by atoms with Gasteiger partial charge in [-0.05, 0) is 50.8 Å². The Labute approximate surface area is 172 Å². The molecular weight excluding hydrogens is 364 g/mol. The molecule has 7 nitrogen and oxygen atoms in total. The van der Waals surface area contributed by atoms with Crippen LogP contribution in [0.3, 0.4) is 0 Å². The summed E-state index contributed by atoms with van der Waals surface area (Å²) in [5.74, 6) is 0.927. The van der Waals surface area contributed by atoms with E-state index in [0.717, 1.165) is 69.5 Å². The molecule has 2 aliphatic rings. The molecule has 29 heavy (non-hydrogen) atoms. The maximum absolute atomic E-state index is 13.5. The first-order valence-electron chi connectivity index (χ1n) is 10.7. The maximum atomic E-state index is 13.5. The van der Waals surface area contributed by atoms with Crippen molar-refractivity contribution in [2.24, 2.45) is 0 Å². The van der Waals surface area contributed by atoms with Crippen LogP contribution in [-0.4, -0.2) is 55.8 Å². The fourth-order valence-electron chi connectivity index (χ4n) is 4.58. The molecule has 1 atom stereocenters. The van der Waals surface area contributed by atoms with Crippen LogP contribution < -0.4 is 5.32 Å². The second kappa shape index (κ2) is 8.86. The lowest BCUT2D eigenvalue weighted by Crippen LogP contribution is -2.59. The van der Waals surface area contributed by atoms with Gasteiger partial charge < -0.3 is 10.2 Å². The second-order valence-corrected chi connectivity index (χ2v) is 8.05. The van der Waals surface area contributed by atoms with E-state index < -0.39 is 0 Å². The van der Waals surface area contributed by atoms with E-state index in [2.05, 4.69) is 32.1 Å². The van der Waals surface area contributed by atoms with Gasteiger partial charge in [0, 0.05) is 43.8 Å². The SMILES string of the molecule is CCCNc1ncc(CN2CCCC23CCCN(Cc2ccccn2)C3=O)cn1. The van der Waals surface area contributed by atoms with Gasteiger partial charge in [0.25, 0.3) is 0 Å². The van der Waals surface area contributed by atoms with Gasteiger partial charge in [0.05, 0.1) is 12.2 Å². The van der Waals surface area contributed by atoms with Gasteiger partial charge in [-0.3, -0.25) is 14.7 Å². The summed E-state index contributed by atoms with van der Waals surface area (Å²) in [7, 11) is 0. The smallest absolute Gasteiger partial charge is 0.243 e. The molecule has 1 spiro atoms. The third-order valence-corrected chi connectivity index (χ3v) is 6.02. The fraction of sp³-hybridized carbons (Fsp3) is 0.545. The number of likely N-dealkylation sites (tertiary alicyclic amines) is 2. The van der Waals surface area contributed by atoms with E-state index in [9.17, 15) is 4.79 Å². The molecule has 1 amide bonds. The van der Waals surface area contributed by atoms with Crippen molar-refractivity contribution in [2.45, 2.75) is 57.7 Å². The topological polar surface area (TPSA) is 74.2 Å². The average molecular weight is 395 g/mol. The van der Waals surface area contributed by atoms with E-state index in [-0.39, 0.29) is 11.4 Å². The largest absolute Gasteiger partial charge is 0.354 e. The first kappa shape index (κ1) is 19.8. The summed E-state index contributed by atoms with van der Waals surface area (Å²) in [5.41, 5.74) is 1.63. The highest BCUT2D eigenvalue weighted by atomic mass is 16.2. The Morgan fingerprint density at radius 1 is 1.07 bits per heavy atom. The minimum absolute atomic E-state index is 0.258. The number of pyridine rings is 1. The highest BCUT2D eigenvalue weighted by Gasteiger charge is 2.50. The summed E-state index contributed by atoms with van der Waals surface area (Å²) in [6.45, 7) is 6.06. The second-order valence-electron chi connectivity index (χ2n) is 8.05. The van der Waals surface area contributed by atoms with Gasteiger partial charge in [0.2, 0.25) is 11.9 Å². The number of anilines is 1. The minimum Gasteiger partial charge on any atom is -0.354 e. The lowest BCUT2D eigenvalue weighted by Gasteiger charge is -2.44. The molecule has 2 aliphatic heterocycles. The average Bonchev–Trinajstić information content (AvgIpc) is 3.14. The molecule has 2 saturated heterocycles. The van der Waals surface area contributed by atoms with Crippen molar-refractivity contribution in [3.63, 3.8) is 0 Å². The number of nitrogens with one attached hydrogen (secondary N) is 1. The summed E-state index contributed by atoms with van der Waals surface area (Å²) >= 11 is 0.